The van der Waals surface area contributed by atoms with Crippen molar-refractivity contribution < 1.29 is 9.53 Å². The first-order chi connectivity index (χ1) is 5.66. The van der Waals surface area contributed by atoms with E-state index in [0.717, 1.165) is 17.3 Å². The summed E-state index contributed by atoms with van der Waals surface area (Å²) >= 11 is 2.19. The molecule has 1 atom stereocenters. The molecule has 12 heavy (non-hydrogen) atoms. The third kappa shape index (κ3) is 7.66. The van der Waals surface area contributed by atoms with Crippen molar-refractivity contribution in [2.45, 2.75) is 25.9 Å². The van der Waals surface area contributed by atoms with E-state index in [1.165, 1.54) is 0 Å². The maximum absolute atomic E-state index is 10.3. The second-order valence-electron chi connectivity index (χ2n) is 2.27. The van der Waals surface area contributed by atoms with Crippen LogP contribution >= 0.6 is 22.6 Å². The molecule has 0 aromatic carbocycles. The van der Waals surface area contributed by atoms with Crippen LogP contribution in [0.5, 0.6) is 0 Å². The zero-order chi connectivity index (χ0) is 9.40. The molecule has 0 aliphatic heterocycles. The molecule has 2 N–H and O–H groups in total. The van der Waals surface area contributed by atoms with E-state index >= 15 is 0 Å². The Morgan fingerprint density at radius 1 is 1.67 bits per heavy atom. The first-order valence-corrected chi connectivity index (χ1v) is 5.17. The molecule has 0 saturated heterocycles. The van der Waals surface area contributed by atoms with Crippen molar-refractivity contribution in [1.82, 2.24) is 0 Å². The molecule has 4 heteroatoms. The molecule has 0 saturated carbocycles. The van der Waals surface area contributed by atoms with E-state index in [1.54, 1.807) is 6.92 Å². The second-order valence-corrected chi connectivity index (χ2v) is 3.04. The van der Waals surface area contributed by atoms with Crippen LogP contribution < -0.4 is 5.73 Å². The summed E-state index contributed by atoms with van der Waals surface area (Å²) in [5.41, 5.74) is 4.83. The number of nitrogens with two attached hydrogens (primary N) is 1. The lowest BCUT2D eigenvalue weighted by Crippen LogP contribution is -2.19. The van der Waals surface area contributed by atoms with Crippen LogP contribution in [0.4, 0.5) is 4.79 Å². The molecule has 3 nitrogen and oxygen atoms in total. The van der Waals surface area contributed by atoms with E-state index in [0.29, 0.717) is 0 Å². The number of ether oxygens (including phenoxy) is 1. The van der Waals surface area contributed by atoms with Crippen LogP contribution in [0.2, 0.25) is 0 Å². The zero-order valence-corrected chi connectivity index (χ0v) is 9.13. The molecule has 0 heterocycles. The van der Waals surface area contributed by atoms with Crippen LogP contribution in [0, 0.1) is 11.8 Å². The van der Waals surface area contributed by atoms with Crippen LogP contribution in [0.1, 0.15) is 19.8 Å². The molecule has 1 unspecified atom stereocenters. The molecule has 0 aliphatic carbocycles. The van der Waals surface area contributed by atoms with Crippen LogP contribution in [0.15, 0.2) is 0 Å². The Bertz CT molecular complexity index is 195. The van der Waals surface area contributed by atoms with Gasteiger partial charge in [0, 0.05) is 6.42 Å². The van der Waals surface area contributed by atoms with Crippen molar-refractivity contribution >= 4 is 28.7 Å². The molecule has 0 radical (unpaired) electrons. The summed E-state index contributed by atoms with van der Waals surface area (Å²) < 4.78 is 5.54. The van der Waals surface area contributed by atoms with Crippen molar-refractivity contribution in [3.63, 3.8) is 0 Å². The third-order valence-electron chi connectivity index (χ3n) is 1.19. The molecule has 0 fully saturated rings. The van der Waals surface area contributed by atoms with Gasteiger partial charge in [0.2, 0.25) is 0 Å². The SMILES string of the molecule is CC(CCC#CCI)OC(N)=O. The molecule has 0 aromatic heterocycles. The van der Waals surface area contributed by atoms with Gasteiger partial charge in [-0.15, -0.1) is 5.92 Å². The van der Waals surface area contributed by atoms with Gasteiger partial charge in [-0.2, -0.15) is 0 Å². The summed E-state index contributed by atoms with van der Waals surface area (Å²) in [4.78, 5) is 10.3. The molecule has 68 valence electrons. The zero-order valence-electron chi connectivity index (χ0n) is 6.97. The maximum Gasteiger partial charge on any atom is 0.404 e. The van der Waals surface area contributed by atoms with Gasteiger partial charge in [0.05, 0.1) is 4.43 Å². The Balaban J connectivity index is 3.43. The summed E-state index contributed by atoms with van der Waals surface area (Å²) in [7, 11) is 0. The Labute approximate surface area is 86.2 Å². The predicted octanol–water partition coefficient (Wildman–Crippen LogP) is 1.69. The van der Waals surface area contributed by atoms with E-state index in [9.17, 15) is 4.79 Å². The van der Waals surface area contributed by atoms with Gasteiger partial charge >= 0.3 is 6.09 Å². The summed E-state index contributed by atoms with van der Waals surface area (Å²) in [6, 6.07) is 0. The number of primary amides is 1. The first-order valence-electron chi connectivity index (χ1n) is 3.64. The Morgan fingerprint density at radius 3 is 2.83 bits per heavy atom. The van der Waals surface area contributed by atoms with Gasteiger partial charge in [-0.3, -0.25) is 0 Å². The van der Waals surface area contributed by atoms with Gasteiger partial charge in [0.1, 0.15) is 6.10 Å². The van der Waals surface area contributed by atoms with Crippen LogP contribution in [-0.2, 0) is 4.74 Å². The van der Waals surface area contributed by atoms with Crippen LogP contribution in [0.3, 0.4) is 0 Å². The molecular weight excluding hydrogens is 269 g/mol. The number of carbonyl (C=O) groups is 1. The number of rotatable bonds is 3. The van der Waals surface area contributed by atoms with Gasteiger partial charge < -0.3 is 10.5 Å². The lowest BCUT2D eigenvalue weighted by molar-refractivity contribution is 0.112. The highest BCUT2D eigenvalue weighted by Gasteiger charge is 2.03. The van der Waals surface area contributed by atoms with Crippen molar-refractivity contribution in [2.24, 2.45) is 5.73 Å². The smallest absolute Gasteiger partial charge is 0.404 e. The largest absolute Gasteiger partial charge is 0.447 e. The first kappa shape index (κ1) is 11.6. The number of hydrogen-bond donors (Lipinski definition) is 1. The number of amides is 1. The molecule has 1 amide bonds. The Morgan fingerprint density at radius 2 is 2.33 bits per heavy atom. The highest BCUT2D eigenvalue weighted by molar-refractivity contribution is 14.1. The quantitative estimate of drug-likeness (QED) is 0.486. The topological polar surface area (TPSA) is 52.3 Å². The van der Waals surface area contributed by atoms with Crippen LogP contribution in [0.25, 0.3) is 0 Å². The number of carbonyl (C=O) groups excluding carboxylic acids is 1. The van der Waals surface area contributed by atoms with E-state index in [4.69, 9.17) is 10.5 Å². The highest BCUT2D eigenvalue weighted by Crippen LogP contribution is 1.99. The third-order valence-corrected chi connectivity index (χ3v) is 1.57. The normalized spacial score (nSPS) is 11.2. The van der Waals surface area contributed by atoms with Crippen LogP contribution in [-0.4, -0.2) is 16.6 Å². The fraction of sp³-hybridized carbons (Fsp3) is 0.625. The maximum atomic E-state index is 10.3. The summed E-state index contributed by atoms with van der Waals surface area (Å²) in [6.45, 7) is 1.80. The predicted molar refractivity (Wildman–Crippen MR) is 56.0 cm³/mol. The fourth-order valence-corrected chi connectivity index (χ4v) is 0.938. The summed E-state index contributed by atoms with van der Waals surface area (Å²) in [5.74, 6) is 5.87. The summed E-state index contributed by atoms with van der Waals surface area (Å²) in [5, 5.41) is 0. The number of halogens is 1. The molecule has 0 rings (SSSR count). The monoisotopic (exact) mass is 281 g/mol. The van der Waals surface area contributed by atoms with Gasteiger partial charge in [-0.05, 0) is 13.3 Å². The highest BCUT2D eigenvalue weighted by atomic mass is 127. The Kier molecular flexibility index (Phi) is 6.96. The Hall–Kier alpha value is -0.440. The molecule has 0 bridgehead atoms. The molecule has 0 aromatic rings. The molecular formula is C8H12INO2. The standard InChI is InChI=1S/C8H12INO2/c1-7(12-8(10)11)5-3-2-4-6-9/h7H,3,5-6H2,1H3,(H2,10,11). The van der Waals surface area contributed by atoms with E-state index in [-0.39, 0.29) is 6.10 Å². The van der Waals surface area contributed by atoms with E-state index < -0.39 is 6.09 Å². The molecule has 0 aliphatic rings. The van der Waals surface area contributed by atoms with Crippen molar-refractivity contribution in [3.05, 3.63) is 0 Å². The van der Waals surface area contributed by atoms with E-state index in [2.05, 4.69) is 34.4 Å². The van der Waals surface area contributed by atoms with Gasteiger partial charge in [-0.25, -0.2) is 4.79 Å². The minimum Gasteiger partial charge on any atom is -0.447 e. The van der Waals surface area contributed by atoms with Gasteiger partial charge in [0.25, 0.3) is 0 Å². The lowest BCUT2D eigenvalue weighted by atomic mass is 10.2. The number of alkyl halides is 1. The average Bonchev–Trinajstić information content (AvgIpc) is 1.97. The fourth-order valence-electron chi connectivity index (χ4n) is 0.668. The second kappa shape index (κ2) is 7.22. The molecule has 0 spiro atoms. The van der Waals surface area contributed by atoms with E-state index in [1.807, 2.05) is 0 Å². The summed E-state index contributed by atoms with van der Waals surface area (Å²) in [6.07, 6.45) is 0.639. The van der Waals surface area contributed by atoms with Gasteiger partial charge in [-0.1, -0.05) is 28.5 Å². The lowest BCUT2D eigenvalue weighted by Gasteiger charge is -2.08. The average molecular weight is 281 g/mol. The van der Waals surface area contributed by atoms with Crippen molar-refractivity contribution in [3.8, 4) is 11.8 Å². The van der Waals surface area contributed by atoms with Crippen molar-refractivity contribution in [2.75, 3.05) is 4.43 Å². The minimum absolute atomic E-state index is 0.133. The number of hydrogen-bond acceptors (Lipinski definition) is 2. The van der Waals surface area contributed by atoms with Gasteiger partial charge in [0.15, 0.2) is 0 Å². The minimum atomic E-state index is -0.718. The van der Waals surface area contributed by atoms with Crippen molar-refractivity contribution in [1.29, 1.82) is 0 Å².